The van der Waals surface area contributed by atoms with Gasteiger partial charge in [0, 0.05) is 26.1 Å². The number of ether oxygens (including phenoxy) is 1. The van der Waals surface area contributed by atoms with Crippen LogP contribution in [0.25, 0.3) is 0 Å². The number of aliphatic hydroxyl groups is 1. The molecule has 7 nitrogen and oxygen atoms in total. The summed E-state index contributed by atoms with van der Waals surface area (Å²) < 4.78 is 8.79. The van der Waals surface area contributed by atoms with Gasteiger partial charge in [0.2, 0.25) is 0 Å². The molecule has 178 valence electrons. The summed E-state index contributed by atoms with van der Waals surface area (Å²) in [5, 5.41) is 9.64. The first-order valence-electron chi connectivity index (χ1n) is 11.5. The zero-order valence-electron chi connectivity index (χ0n) is 19.1. The Hall–Kier alpha value is -3.16. The van der Waals surface area contributed by atoms with Crippen LogP contribution in [-0.2, 0) is 26.4 Å². The van der Waals surface area contributed by atoms with E-state index in [0.29, 0.717) is 47.3 Å². The Labute approximate surface area is 202 Å². The van der Waals surface area contributed by atoms with E-state index in [-0.39, 0.29) is 24.6 Å². The highest BCUT2D eigenvalue weighted by Gasteiger charge is 2.27. The Morgan fingerprint density at radius 2 is 1.85 bits per heavy atom. The van der Waals surface area contributed by atoms with Crippen molar-refractivity contribution in [3.63, 3.8) is 0 Å². The molecule has 0 fully saturated rings. The lowest BCUT2D eigenvalue weighted by molar-refractivity contribution is 0.277. The Morgan fingerprint density at radius 3 is 2.59 bits per heavy atom. The summed E-state index contributed by atoms with van der Waals surface area (Å²) in [6.07, 6.45) is 3.05. The fourth-order valence-electron chi connectivity index (χ4n) is 4.24. The molecule has 2 aromatic carbocycles. The van der Waals surface area contributed by atoms with Crippen LogP contribution in [0.15, 0.2) is 69.2 Å². The Morgan fingerprint density at radius 1 is 1.12 bits per heavy atom. The van der Waals surface area contributed by atoms with Crippen molar-refractivity contribution in [1.82, 2.24) is 9.13 Å². The van der Waals surface area contributed by atoms with Crippen molar-refractivity contribution in [3.05, 3.63) is 91.6 Å². The predicted octanol–water partition coefficient (Wildman–Crippen LogP) is 3.89. The van der Waals surface area contributed by atoms with Gasteiger partial charge >= 0.3 is 5.69 Å². The third-order valence-corrected chi connectivity index (χ3v) is 6.44. The Balaban J connectivity index is 1.75. The molecule has 1 unspecified atom stereocenters. The van der Waals surface area contributed by atoms with Gasteiger partial charge in [-0.15, -0.1) is 0 Å². The number of fused-ring (bicyclic) bond motifs is 1. The summed E-state index contributed by atoms with van der Waals surface area (Å²) in [6, 6.07) is 17.4. The lowest BCUT2D eigenvalue weighted by Gasteiger charge is -2.18. The molecule has 0 radical (unpaired) electrons. The van der Waals surface area contributed by atoms with Crippen LogP contribution in [-0.4, -0.2) is 26.7 Å². The molecule has 1 aliphatic rings. The molecule has 3 aromatic rings. The van der Waals surface area contributed by atoms with Gasteiger partial charge in [-0.3, -0.25) is 13.9 Å². The van der Waals surface area contributed by atoms with E-state index < -0.39 is 5.69 Å². The van der Waals surface area contributed by atoms with Gasteiger partial charge in [0.05, 0.1) is 10.6 Å². The average Bonchev–Trinajstić information content (AvgIpc) is 3.03. The highest BCUT2D eigenvalue weighted by Crippen LogP contribution is 2.31. The largest absolute Gasteiger partial charge is 0.441 e. The molecule has 0 spiro atoms. The molecule has 1 atom stereocenters. The van der Waals surface area contributed by atoms with Crippen LogP contribution in [0.4, 0.5) is 5.82 Å². The van der Waals surface area contributed by atoms with Crippen LogP contribution in [0, 0.1) is 5.92 Å². The number of aliphatic hydroxyl groups excluding tert-OH is 1. The summed E-state index contributed by atoms with van der Waals surface area (Å²) >= 11 is 6.35. The second kappa shape index (κ2) is 10.8. The van der Waals surface area contributed by atoms with Crippen molar-refractivity contribution in [2.75, 3.05) is 6.61 Å². The van der Waals surface area contributed by atoms with Gasteiger partial charge in [-0.2, -0.15) is 4.99 Å². The second-order valence-corrected chi connectivity index (χ2v) is 8.83. The normalized spacial score (nSPS) is 15.4. The van der Waals surface area contributed by atoms with E-state index in [1.165, 1.54) is 14.7 Å². The van der Waals surface area contributed by atoms with Gasteiger partial charge in [0.1, 0.15) is 11.6 Å². The minimum atomic E-state index is -0.458. The average molecular weight is 482 g/mol. The standard InChI is InChI=1S/C26H28ClN3O4/c1-29-23-20(25(32)30(26(29)33)16-7-17-31)15-14-19(13-12-18-8-3-2-4-9-18)24(28-23)34-22-11-6-5-10-21(22)27/h2-6,8-11,19,31H,7,12-17H2,1H3. The number of aromatic nitrogens is 2. The molecule has 0 amide bonds. The topological polar surface area (TPSA) is 85.8 Å². The third-order valence-electron chi connectivity index (χ3n) is 6.13. The first kappa shape index (κ1) is 24.0. The molecule has 0 bridgehead atoms. The van der Waals surface area contributed by atoms with Crippen LogP contribution in [0.3, 0.4) is 0 Å². The van der Waals surface area contributed by atoms with E-state index in [1.54, 1.807) is 19.2 Å². The molecule has 0 saturated heterocycles. The quantitative estimate of drug-likeness (QED) is 0.554. The molecule has 34 heavy (non-hydrogen) atoms. The number of rotatable bonds is 7. The zero-order chi connectivity index (χ0) is 24.1. The van der Waals surface area contributed by atoms with Crippen molar-refractivity contribution in [2.45, 2.75) is 38.6 Å². The number of hydrogen-bond donors (Lipinski definition) is 1. The summed E-state index contributed by atoms with van der Waals surface area (Å²) in [6.45, 7) is 0.0711. The van der Waals surface area contributed by atoms with Gasteiger partial charge in [-0.25, -0.2) is 4.79 Å². The maximum absolute atomic E-state index is 13.2. The Kier molecular flexibility index (Phi) is 7.65. The molecule has 1 N–H and O–H groups in total. The minimum Gasteiger partial charge on any atom is -0.441 e. The van der Waals surface area contributed by atoms with Crippen LogP contribution in [0.2, 0.25) is 5.02 Å². The number of hydrogen-bond acceptors (Lipinski definition) is 5. The number of aryl methyl sites for hydroxylation is 1. The van der Waals surface area contributed by atoms with Crippen LogP contribution >= 0.6 is 11.6 Å². The van der Waals surface area contributed by atoms with E-state index in [9.17, 15) is 14.7 Å². The highest BCUT2D eigenvalue weighted by molar-refractivity contribution is 6.32. The maximum atomic E-state index is 13.2. The maximum Gasteiger partial charge on any atom is 0.332 e. The van der Waals surface area contributed by atoms with Crippen LogP contribution in [0.5, 0.6) is 5.75 Å². The SMILES string of the molecule is Cn1c2c(c(=O)n(CCCO)c1=O)CCC(CCc1ccccc1)C(Oc1ccccc1Cl)=N2. The van der Waals surface area contributed by atoms with Crippen molar-refractivity contribution in [2.24, 2.45) is 18.0 Å². The first-order chi connectivity index (χ1) is 16.5. The molecule has 0 aliphatic carbocycles. The van der Waals surface area contributed by atoms with Gasteiger partial charge in [-0.1, -0.05) is 54.1 Å². The lowest BCUT2D eigenvalue weighted by Crippen LogP contribution is -2.41. The van der Waals surface area contributed by atoms with E-state index in [1.807, 2.05) is 30.3 Å². The van der Waals surface area contributed by atoms with Crippen molar-refractivity contribution in [3.8, 4) is 5.75 Å². The van der Waals surface area contributed by atoms with E-state index in [0.717, 1.165) is 12.8 Å². The number of halogens is 1. The Bertz CT molecular complexity index is 1300. The summed E-state index contributed by atoms with van der Waals surface area (Å²) in [5.74, 6) is 1.19. The van der Waals surface area contributed by atoms with Gasteiger partial charge in [-0.05, 0) is 49.8 Å². The minimum absolute atomic E-state index is 0.0655. The number of para-hydroxylation sites is 1. The van der Waals surface area contributed by atoms with E-state index >= 15 is 0 Å². The molecular formula is C26H28ClN3O4. The molecule has 8 heteroatoms. The molecule has 1 aliphatic heterocycles. The summed E-state index contributed by atoms with van der Waals surface area (Å²) in [4.78, 5) is 30.8. The smallest absolute Gasteiger partial charge is 0.332 e. The zero-order valence-corrected chi connectivity index (χ0v) is 19.9. The number of aliphatic imine (C=N–C) groups is 1. The van der Waals surface area contributed by atoms with Crippen LogP contribution in [0.1, 0.15) is 30.4 Å². The summed E-state index contributed by atoms with van der Waals surface area (Å²) in [7, 11) is 1.61. The monoisotopic (exact) mass is 481 g/mol. The lowest BCUT2D eigenvalue weighted by atomic mass is 9.94. The predicted molar refractivity (Wildman–Crippen MR) is 133 cm³/mol. The highest BCUT2D eigenvalue weighted by atomic mass is 35.5. The molecule has 1 aromatic heterocycles. The molecule has 2 heterocycles. The van der Waals surface area contributed by atoms with Crippen molar-refractivity contribution >= 4 is 23.3 Å². The first-order valence-corrected chi connectivity index (χ1v) is 11.9. The van der Waals surface area contributed by atoms with Crippen molar-refractivity contribution < 1.29 is 9.84 Å². The van der Waals surface area contributed by atoms with Gasteiger partial charge in [0.25, 0.3) is 5.56 Å². The molecule has 4 rings (SSSR count). The van der Waals surface area contributed by atoms with Gasteiger partial charge in [0.15, 0.2) is 5.90 Å². The third kappa shape index (κ3) is 5.16. The van der Waals surface area contributed by atoms with Gasteiger partial charge < -0.3 is 9.84 Å². The number of nitrogens with zero attached hydrogens (tertiary/aromatic N) is 3. The molecule has 0 saturated carbocycles. The van der Waals surface area contributed by atoms with E-state index in [4.69, 9.17) is 21.3 Å². The fourth-order valence-corrected chi connectivity index (χ4v) is 4.42. The second-order valence-electron chi connectivity index (χ2n) is 8.42. The fraction of sp³-hybridized carbons (Fsp3) is 0.346. The summed E-state index contributed by atoms with van der Waals surface area (Å²) in [5.41, 5.74) is 0.888. The van der Waals surface area contributed by atoms with E-state index in [2.05, 4.69) is 12.1 Å². The van der Waals surface area contributed by atoms with Crippen molar-refractivity contribution in [1.29, 1.82) is 0 Å². The molecular weight excluding hydrogens is 454 g/mol. The van der Waals surface area contributed by atoms with Crippen LogP contribution < -0.4 is 16.0 Å². The number of benzene rings is 2.